The molecule has 0 heterocycles. The van der Waals surface area contributed by atoms with E-state index in [1.165, 1.54) is 0 Å². The number of sulfonamides is 1. The second-order valence-electron chi connectivity index (χ2n) is 7.86. The van der Waals surface area contributed by atoms with E-state index < -0.39 is 10.0 Å². The van der Waals surface area contributed by atoms with Gasteiger partial charge in [-0.2, -0.15) is 0 Å². The molecule has 0 saturated carbocycles. The molecule has 5 nitrogen and oxygen atoms in total. The van der Waals surface area contributed by atoms with Crippen LogP contribution in [0.25, 0.3) is 0 Å². The lowest BCUT2D eigenvalue weighted by Gasteiger charge is -2.25. The van der Waals surface area contributed by atoms with Gasteiger partial charge in [-0.1, -0.05) is 66.2 Å². The van der Waals surface area contributed by atoms with Gasteiger partial charge in [0.25, 0.3) is 0 Å². The van der Waals surface area contributed by atoms with E-state index in [9.17, 15) is 13.2 Å². The van der Waals surface area contributed by atoms with Gasteiger partial charge in [0.2, 0.25) is 15.9 Å². The van der Waals surface area contributed by atoms with Crippen molar-refractivity contribution in [3.8, 4) is 0 Å². The third-order valence-electron chi connectivity index (χ3n) is 5.28. The number of nitrogens with zero attached hydrogens (tertiary/aromatic N) is 1. The summed E-state index contributed by atoms with van der Waals surface area (Å²) in [5.41, 5.74) is 5.46. The number of nitrogens with one attached hydrogen (secondary N) is 1. The maximum atomic E-state index is 13.1. The predicted octanol–water partition coefficient (Wildman–Crippen LogP) is 4.28. The van der Waals surface area contributed by atoms with Gasteiger partial charge in [0.15, 0.2) is 0 Å². The summed E-state index contributed by atoms with van der Waals surface area (Å²) in [6, 6.07) is 22.6. The summed E-state index contributed by atoms with van der Waals surface area (Å²) < 4.78 is 26.1. The van der Waals surface area contributed by atoms with Gasteiger partial charge in [-0.15, -0.1) is 0 Å². The molecule has 0 bridgehead atoms. The summed E-state index contributed by atoms with van der Waals surface area (Å²) in [4.78, 5) is 13.1. The topological polar surface area (TPSA) is 66.5 Å². The number of amides is 1. The molecule has 1 atom stereocenters. The zero-order valence-electron chi connectivity index (χ0n) is 18.3. The fraction of sp³-hybridized carbons (Fsp3) is 0.240. The molecule has 3 aromatic rings. The zero-order chi connectivity index (χ0) is 22.6. The molecule has 6 heteroatoms. The minimum Gasteiger partial charge on any atom is -0.344 e. The minimum atomic E-state index is -3.64. The number of benzene rings is 3. The van der Waals surface area contributed by atoms with E-state index >= 15 is 0 Å². The van der Waals surface area contributed by atoms with Crippen molar-refractivity contribution in [1.29, 1.82) is 0 Å². The maximum Gasteiger partial charge on any atom is 0.241 e. The van der Waals surface area contributed by atoms with Crippen molar-refractivity contribution < 1.29 is 13.2 Å². The number of hydrogen-bond acceptors (Lipinski definition) is 3. The quantitative estimate of drug-likeness (QED) is 0.601. The molecule has 0 spiro atoms. The standard InChI is InChI=1S/C25H28N2O3S/c1-18-9-8-12-22(15-18)25(21-10-6-5-7-11-21)26-24(28)17-27(31(4,29)30)23-14-13-19(2)20(3)16-23/h5-16,25H,17H2,1-4H3,(H,26,28). The van der Waals surface area contributed by atoms with Crippen LogP contribution in [0.5, 0.6) is 0 Å². The molecule has 0 aromatic heterocycles. The molecular formula is C25H28N2O3S. The first kappa shape index (κ1) is 22.6. The van der Waals surface area contributed by atoms with Gasteiger partial charge < -0.3 is 5.32 Å². The van der Waals surface area contributed by atoms with Crippen LogP contribution in [0.1, 0.15) is 33.9 Å². The van der Waals surface area contributed by atoms with Gasteiger partial charge in [-0.25, -0.2) is 8.42 Å². The van der Waals surface area contributed by atoms with Crippen molar-refractivity contribution in [3.05, 3.63) is 101 Å². The molecule has 162 valence electrons. The van der Waals surface area contributed by atoms with Gasteiger partial charge in [0.05, 0.1) is 18.0 Å². The van der Waals surface area contributed by atoms with Crippen LogP contribution >= 0.6 is 0 Å². The summed E-state index contributed by atoms with van der Waals surface area (Å²) in [5, 5.41) is 3.03. The Bertz CT molecular complexity index is 1170. The van der Waals surface area contributed by atoms with E-state index in [1.54, 1.807) is 12.1 Å². The van der Waals surface area contributed by atoms with E-state index in [0.29, 0.717) is 5.69 Å². The molecule has 3 aromatic carbocycles. The largest absolute Gasteiger partial charge is 0.344 e. The Morgan fingerprint density at radius 1 is 0.871 bits per heavy atom. The summed E-state index contributed by atoms with van der Waals surface area (Å²) in [5.74, 6) is -0.376. The first-order valence-electron chi connectivity index (χ1n) is 10.1. The minimum absolute atomic E-state index is 0.295. The van der Waals surface area contributed by atoms with Crippen molar-refractivity contribution in [3.63, 3.8) is 0 Å². The van der Waals surface area contributed by atoms with Gasteiger partial charge in [0.1, 0.15) is 6.54 Å². The van der Waals surface area contributed by atoms with Crippen LogP contribution in [0.15, 0.2) is 72.8 Å². The van der Waals surface area contributed by atoms with Crippen molar-refractivity contribution in [2.75, 3.05) is 17.1 Å². The molecule has 31 heavy (non-hydrogen) atoms. The zero-order valence-corrected chi connectivity index (χ0v) is 19.1. The maximum absolute atomic E-state index is 13.1. The highest BCUT2D eigenvalue weighted by molar-refractivity contribution is 7.92. The summed E-state index contributed by atoms with van der Waals surface area (Å²) in [6.07, 6.45) is 1.12. The summed E-state index contributed by atoms with van der Waals surface area (Å²) in [7, 11) is -3.64. The molecule has 0 radical (unpaired) electrons. The summed E-state index contributed by atoms with van der Waals surface area (Å²) >= 11 is 0. The highest BCUT2D eigenvalue weighted by Gasteiger charge is 2.24. The van der Waals surface area contributed by atoms with Crippen LogP contribution in [0.4, 0.5) is 5.69 Å². The van der Waals surface area contributed by atoms with E-state index in [4.69, 9.17) is 0 Å². The van der Waals surface area contributed by atoms with Crippen molar-refractivity contribution in [2.24, 2.45) is 0 Å². The molecule has 0 aliphatic carbocycles. The van der Waals surface area contributed by atoms with Crippen LogP contribution in [0.3, 0.4) is 0 Å². The van der Waals surface area contributed by atoms with Crippen LogP contribution in [0.2, 0.25) is 0 Å². The van der Waals surface area contributed by atoms with Crippen LogP contribution < -0.4 is 9.62 Å². The molecule has 1 N–H and O–H groups in total. The first-order valence-corrected chi connectivity index (χ1v) is 12.0. The Kier molecular flexibility index (Phi) is 6.81. The van der Waals surface area contributed by atoms with Gasteiger partial charge in [-0.05, 0) is 55.2 Å². The lowest BCUT2D eigenvalue weighted by atomic mass is 9.97. The van der Waals surface area contributed by atoms with E-state index in [2.05, 4.69) is 5.32 Å². The van der Waals surface area contributed by atoms with Crippen molar-refractivity contribution in [2.45, 2.75) is 26.8 Å². The number of rotatable bonds is 7. The Morgan fingerprint density at radius 2 is 1.55 bits per heavy atom. The van der Waals surface area contributed by atoms with Crippen LogP contribution in [-0.2, 0) is 14.8 Å². The second-order valence-corrected chi connectivity index (χ2v) is 9.77. The van der Waals surface area contributed by atoms with Gasteiger partial charge in [-0.3, -0.25) is 9.10 Å². The van der Waals surface area contributed by atoms with Crippen LogP contribution in [0, 0.1) is 20.8 Å². The average Bonchev–Trinajstić information content (AvgIpc) is 2.72. The SMILES string of the molecule is Cc1cccc(C(NC(=O)CN(c2ccc(C)c(C)c2)S(C)(=O)=O)c2ccccc2)c1. The lowest BCUT2D eigenvalue weighted by Crippen LogP contribution is -2.41. The van der Waals surface area contributed by atoms with E-state index in [-0.39, 0.29) is 18.5 Å². The number of anilines is 1. The van der Waals surface area contributed by atoms with Crippen molar-refractivity contribution in [1.82, 2.24) is 5.32 Å². The molecule has 1 unspecified atom stereocenters. The number of carbonyl (C=O) groups excluding carboxylic acids is 1. The number of aryl methyl sites for hydroxylation is 3. The molecular weight excluding hydrogens is 408 g/mol. The third-order valence-corrected chi connectivity index (χ3v) is 6.42. The fourth-order valence-electron chi connectivity index (χ4n) is 3.47. The average molecular weight is 437 g/mol. The number of hydrogen-bond donors (Lipinski definition) is 1. The molecule has 1 amide bonds. The Balaban J connectivity index is 1.90. The molecule has 3 rings (SSSR count). The van der Waals surface area contributed by atoms with Gasteiger partial charge in [0, 0.05) is 0 Å². The second kappa shape index (κ2) is 9.35. The molecule has 0 aliphatic rings. The Hall–Kier alpha value is -3.12. The predicted molar refractivity (Wildman–Crippen MR) is 126 cm³/mol. The first-order chi connectivity index (χ1) is 14.6. The normalized spacial score (nSPS) is 12.3. The summed E-state index contributed by atoms with van der Waals surface area (Å²) in [6.45, 7) is 5.58. The van der Waals surface area contributed by atoms with E-state index in [0.717, 1.165) is 38.4 Å². The van der Waals surface area contributed by atoms with E-state index in [1.807, 2.05) is 81.4 Å². The highest BCUT2D eigenvalue weighted by Crippen LogP contribution is 2.24. The molecule has 0 aliphatic heterocycles. The monoisotopic (exact) mass is 436 g/mol. The van der Waals surface area contributed by atoms with Crippen LogP contribution in [-0.4, -0.2) is 27.1 Å². The third kappa shape index (κ3) is 5.73. The smallest absolute Gasteiger partial charge is 0.241 e. The number of carbonyl (C=O) groups is 1. The molecule has 0 fully saturated rings. The highest BCUT2D eigenvalue weighted by atomic mass is 32.2. The van der Waals surface area contributed by atoms with Crippen molar-refractivity contribution >= 4 is 21.6 Å². The fourth-order valence-corrected chi connectivity index (χ4v) is 4.32. The Morgan fingerprint density at radius 3 is 2.16 bits per heavy atom. The molecule has 0 saturated heterocycles. The Labute approximate surface area is 184 Å². The van der Waals surface area contributed by atoms with Gasteiger partial charge >= 0.3 is 0 Å². The lowest BCUT2D eigenvalue weighted by molar-refractivity contribution is -0.120.